The number of benzene rings is 2. The minimum Gasteiger partial charge on any atom is -0.507 e. The lowest BCUT2D eigenvalue weighted by molar-refractivity contribution is -0.130. The van der Waals surface area contributed by atoms with Gasteiger partial charge in [0.25, 0.3) is 11.8 Å². The fourth-order valence-electron chi connectivity index (χ4n) is 2.02. The van der Waals surface area contributed by atoms with Crippen LogP contribution in [0, 0.1) is 0 Å². The first-order valence-electron chi connectivity index (χ1n) is 8.04. The van der Waals surface area contributed by atoms with Crippen molar-refractivity contribution in [2.45, 2.75) is 6.92 Å². The van der Waals surface area contributed by atoms with E-state index in [1.165, 1.54) is 23.1 Å². The minimum atomic E-state index is -0.573. The number of phenolic OH excluding ortho intramolecular Hbond substituents is 1. The fraction of sp³-hybridized carbons (Fsp3) is 0.211. The zero-order valence-corrected chi connectivity index (χ0v) is 15.9. The summed E-state index contributed by atoms with van der Waals surface area (Å²) in [5.74, 6) is -0.339. The van der Waals surface area contributed by atoms with E-state index in [9.17, 15) is 14.7 Å². The molecule has 0 bridgehead atoms. The van der Waals surface area contributed by atoms with Crippen molar-refractivity contribution < 1.29 is 19.4 Å². The third-order valence-corrected chi connectivity index (χ3v) is 3.90. The molecule has 2 aromatic rings. The lowest BCUT2D eigenvalue weighted by atomic mass is 10.1. The summed E-state index contributed by atoms with van der Waals surface area (Å²) in [4.78, 5) is 25.1. The molecule has 0 aliphatic carbocycles. The van der Waals surface area contributed by atoms with Gasteiger partial charge in [-0.25, -0.2) is 5.43 Å². The monoisotopic (exact) mass is 389 g/mol. The summed E-state index contributed by atoms with van der Waals surface area (Å²) in [6, 6.07) is 11.1. The second-order valence-electron chi connectivity index (χ2n) is 5.90. The third kappa shape index (κ3) is 5.72. The molecule has 0 spiro atoms. The maximum atomic E-state index is 12.1. The molecule has 2 N–H and O–H groups in total. The van der Waals surface area contributed by atoms with E-state index in [0.717, 1.165) is 5.56 Å². The number of nitrogens with zero attached hydrogens (tertiary/aromatic N) is 2. The van der Waals surface area contributed by atoms with Gasteiger partial charge in [0.2, 0.25) is 0 Å². The highest BCUT2D eigenvalue weighted by Crippen LogP contribution is 2.21. The minimum absolute atomic E-state index is 0.0355. The van der Waals surface area contributed by atoms with Crippen LogP contribution in [0.5, 0.6) is 11.5 Å². The number of hydrogen-bond donors (Lipinski definition) is 2. The molecule has 7 nitrogen and oxygen atoms in total. The summed E-state index contributed by atoms with van der Waals surface area (Å²) >= 11 is 5.83. The lowest BCUT2D eigenvalue weighted by Crippen LogP contribution is -2.27. The highest BCUT2D eigenvalue weighted by molar-refractivity contribution is 6.31. The van der Waals surface area contributed by atoms with Crippen molar-refractivity contribution in [2.24, 2.45) is 5.10 Å². The van der Waals surface area contributed by atoms with Gasteiger partial charge in [0.1, 0.15) is 11.5 Å². The van der Waals surface area contributed by atoms with Crippen molar-refractivity contribution in [3.63, 3.8) is 0 Å². The van der Waals surface area contributed by atoms with Crippen LogP contribution in [0.2, 0.25) is 5.02 Å². The smallest absolute Gasteiger partial charge is 0.275 e. The molecule has 0 saturated carbocycles. The van der Waals surface area contributed by atoms with E-state index < -0.39 is 5.91 Å². The Morgan fingerprint density at radius 1 is 1.19 bits per heavy atom. The molecule has 2 rings (SSSR count). The molecule has 0 heterocycles. The predicted molar refractivity (Wildman–Crippen MR) is 103 cm³/mol. The quantitative estimate of drug-likeness (QED) is 0.587. The highest BCUT2D eigenvalue weighted by atomic mass is 35.5. The number of rotatable bonds is 6. The molecular weight excluding hydrogens is 370 g/mol. The first-order valence-corrected chi connectivity index (χ1v) is 8.42. The standard InChI is InChI=1S/C19H20ClN3O4/c1-12(21-22-19(26)16-10-14(20)6-9-17(16)24)13-4-7-15(8-5-13)27-11-18(25)23(2)3/h4-10,24H,11H2,1-3H3,(H,22,26)/b21-12-. The first-order chi connectivity index (χ1) is 12.8. The van der Waals surface area contributed by atoms with Crippen LogP contribution in [-0.4, -0.2) is 48.2 Å². The molecule has 0 unspecified atom stereocenters. The van der Waals surface area contributed by atoms with Gasteiger partial charge < -0.3 is 14.7 Å². The maximum absolute atomic E-state index is 12.1. The van der Waals surface area contributed by atoms with Gasteiger partial charge in [0, 0.05) is 19.1 Å². The van der Waals surface area contributed by atoms with E-state index in [2.05, 4.69) is 10.5 Å². The van der Waals surface area contributed by atoms with Gasteiger partial charge in [-0.15, -0.1) is 0 Å². The van der Waals surface area contributed by atoms with Gasteiger partial charge in [-0.2, -0.15) is 5.10 Å². The van der Waals surface area contributed by atoms with Crippen LogP contribution in [-0.2, 0) is 4.79 Å². The Kier molecular flexibility index (Phi) is 6.79. The summed E-state index contributed by atoms with van der Waals surface area (Å²) in [5, 5.41) is 14.1. The van der Waals surface area contributed by atoms with E-state index in [-0.39, 0.29) is 23.8 Å². The van der Waals surface area contributed by atoms with Crippen LogP contribution >= 0.6 is 11.6 Å². The normalized spacial score (nSPS) is 11.0. The molecule has 2 amide bonds. The Balaban J connectivity index is 2.00. The third-order valence-electron chi connectivity index (χ3n) is 3.66. The van der Waals surface area contributed by atoms with Gasteiger partial charge in [0.15, 0.2) is 6.61 Å². The number of ether oxygens (including phenoxy) is 1. The van der Waals surface area contributed by atoms with Crippen molar-refractivity contribution in [3.8, 4) is 11.5 Å². The molecule has 2 aromatic carbocycles. The van der Waals surface area contributed by atoms with Crippen LogP contribution < -0.4 is 10.2 Å². The molecule has 27 heavy (non-hydrogen) atoms. The summed E-state index contributed by atoms with van der Waals surface area (Å²) in [5.41, 5.74) is 3.73. The Morgan fingerprint density at radius 2 is 1.85 bits per heavy atom. The topological polar surface area (TPSA) is 91.2 Å². The molecule has 8 heteroatoms. The van der Waals surface area contributed by atoms with E-state index in [0.29, 0.717) is 16.5 Å². The van der Waals surface area contributed by atoms with E-state index in [1.807, 2.05) is 0 Å². The Labute approximate surface area is 162 Å². The number of nitrogens with one attached hydrogen (secondary N) is 1. The van der Waals surface area contributed by atoms with Crippen molar-refractivity contribution in [3.05, 3.63) is 58.6 Å². The zero-order valence-electron chi connectivity index (χ0n) is 15.2. The molecular formula is C19H20ClN3O4. The number of hydrazone groups is 1. The average Bonchev–Trinajstić information content (AvgIpc) is 2.66. The number of phenols is 1. The van der Waals surface area contributed by atoms with Gasteiger partial charge >= 0.3 is 0 Å². The molecule has 0 aliphatic heterocycles. The highest BCUT2D eigenvalue weighted by Gasteiger charge is 2.11. The molecule has 0 saturated heterocycles. The van der Waals surface area contributed by atoms with Crippen molar-refractivity contribution >= 4 is 29.1 Å². The van der Waals surface area contributed by atoms with Crippen LogP contribution in [0.1, 0.15) is 22.8 Å². The van der Waals surface area contributed by atoms with Crippen molar-refractivity contribution in [1.29, 1.82) is 0 Å². The molecule has 142 valence electrons. The number of hydrogen-bond acceptors (Lipinski definition) is 5. The average molecular weight is 390 g/mol. The molecule has 0 aliphatic rings. The van der Waals surface area contributed by atoms with Gasteiger partial charge in [-0.1, -0.05) is 11.6 Å². The van der Waals surface area contributed by atoms with Crippen LogP contribution in [0.15, 0.2) is 47.6 Å². The summed E-state index contributed by atoms with van der Waals surface area (Å²) in [7, 11) is 3.32. The Morgan fingerprint density at radius 3 is 2.48 bits per heavy atom. The predicted octanol–water partition coefficient (Wildman–Crippen LogP) is 2.67. The first kappa shape index (κ1) is 20.3. The second kappa shape index (κ2) is 9.05. The Hall–Kier alpha value is -3.06. The molecule has 0 fully saturated rings. The van der Waals surface area contributed by atoms with Crippen LogP contribution in [0.3, 0.4) is 0 Å². The van der Waals surface area contributed by atoms with Crippen molar-refractivity contribution in [2.75, 3.05) is 20.7 Å². The Bertz CT molecular complexity index is 864. The molecule has 0 aromatic heterocycles. The summed E-state index contributed by atoms with van der Waals surface area (Å²) < 4.78 is 5.40. The van der Waals surface area contributed by atoms with Gasteiger partial charge in [-0.3, -0.25) is 9.59 Å². The SMILES string of the molecule is C/C(=N/NC(=O)c1cc(Cl)ccc1O)c1ccc(OCC(=O)N(C)C)cc1. The summed E-state index contributed by atoms with van der Waals surface area (Å²) in [6.45, 7) is 1.68. The molecule has 0 atom stereocenters. The second-order valence-corrected chi connectivity index (χ2v) is 6.34. The zero-order chi connectivity index (χ0) is 20.0. The number of halogens is 1. The molecule has 0 radical (unpaired) electrons. The van der Waals surface area contributed by atoms with E-state index in [1.54, 1.807) is 45.3 Å². The van der Waals surface area contributed by atoms with Crippen LogP contribution in [0.4, 0.5) is 0 Å². The van der Waals surface area contributed by atoms with Gasteiger partial charge in [-0.05, 0) is 55.0 Å². The van der Waals surface area contributed by atoms with Gasteiger partial charge in [0.05, 0.1) is 11.3 Å². The van der Waals surface area contributed by atoms with E-state index in [4.69, 9.17) is 16.3 Å². The fourth-order valence-corrected chi connectivity index (χ4v) is 2.19. The maximum Gasteiger partial charge on any atom is 0.275 e. The van der Waals surface area contributed by atoms with E-state index >= 15 is 0 Å². The summed E-state index contributed by atoms with van der Waals surface area (Å²) in [6.07, 6.45) is 0. The number of amides is 2. The number of aromatic hydroxyl groups is 1. The number of likely N-dealkylation sites (N-methyl/N-ethyl adjacent to an activating group) is 1. The van der Waals surface area contributed by atoms with Crippen molar-refractivity contribution in [1.82, 2.24) is 10.3 Å². The lowest BCUT2D eigenvalue weighted by Gasteiger charge is -2.11. The largest absolute Gasteiger partial charge is 0.507 e. The number of carbonyl (C=O) groups excluding carboxylic acids is 2. The van der Waals surface area contributed by atoms with Crippen LogP contribution in [0.25, 0.3) is 0 Å². The number of carbonyl (C=O) groups is 2.